The molecule has 0 saturated carbocycles. The summed E-state index contributed by atoms with van der Waals surface area (Å²) in [6.45, 7) is 0.166. The van der Waals surface area contributed by atoms with Gasteiger partial charge < -0.3 is 24.8 Å². The van der Waals surface area contributed by atoms with Gasteiger partial charge in [0.2, 0.25) is 0 Å². The Morgan fingerprint density at radius 2 is 1.78 bits per heavy atom. The molecule has 2 aromatic rings. The van der Waals surface area contributed by atoms with E-state index in [0.717, 1.165) is 0 Å². The van der Waals surface area contributed by atoms with Crippen LogP contribution in [0.5, 0.6) is 11.5 Å². The molecule has 2 rings (SSSR count). The van der Waals surface area contributed by atoms with Crippen molar-refractivity contribution in [3.05, 3.63) is 59.9 Å². The fourth-order valence-corrected chi connectivity index (χ4v) is 2.26. The quantitative estimate of drug-likeness (QED) is 0.799. The molecular formula is C19H21FN2O5. The van der Waals surface area contributed by atoms with Gasteiger partial charge >= 0.3 is 12.2 Å². The highest BCUT2D eigenvalue weighted by Crippen LogP contribution is 2.30. The molecular weight excluding hydrogens is 355 g/mol. The van der Waals surface area contributed by atoms with Crippen molar-refractivity contribution >= 4 is 12.2 Å². The first-order valence-electron chi connectivity index (χ1n) is 8.19. The van der Waals surface area contributed by atoms with Crippen molar-refractivity contribution in [2.24, 2.45) is 5.73 Å². The van der Waals surface area contributed by atoms with Crippen molar-refractivity contribution in [3.63, 3.8) is 0 Å². The highest BCUT2D eigenvalue weighted by molar-refractivity contribution is 5.70. The normalized spacial score (nSPS) is 11.4. The van der Waals surface area contributed by atoms with Crippen LogP contribution in [0.4, 0.5) is 14.0 Å². The first-order valence-corrected chi connectivity index (χ1v) is 8.19. The van der Waals surface area contributed by atoms with Gasteiger partial charge in [-0.25, -0.2) is 14.0 Å². The van der Waals surface area contributed by atoms with E-state index in [0.29, 0.717) is 11.3 Å². The number of carbonyl (C=O) groups is 2. The summed E-state index contributed by atoms with van der Waals surface area (Å²) in [5.74, 6) is 0.361. The minimum atomic E-state index is -0.962. The molecule has 144 valence electrons. The van der Waals surface area contributed by atoms with Crippen LogP contribution < -0.4 is 15.2 Å². The van der Waals surface area contributed by atoms with Crippen LogP contribution >= 0.6 is 0 Å². The highest BCUT2D eigenvalue weighted by Gasteiger charge is 2.21. The average Bonchev–Trinajstić information content (AvgIpc) is 2.62. The van der Waals surface area contributed by atoms with Gasteiger partial charge in [0.15, 0.2) is 0 Å². The third kappa shape index (κ3) is 6.18. The first kappa shape index (κ1) is 20.0. The van der Waals surface area contributed by atoms with Gasteiger partial charge in [0, 0.05) is 26.1 Å². The number of rotatable bonds is 7. The van der Waals surface area contributed by atoms with Crippen molar-refractivity contribution in [2.75, 3.05) is 20.7 Å². The van der Waals surface area contributed by atoms with Gasteiger partial charge in [0.1, 0.15) is 23.4 Å². The number of hydrogen-bond acceptors (Lipinski definition) is 5. The van der Waals surface area contributed by atoms with Gasteiger partial charge in [-0.2, -0.15) is 0 Å². The standard InChI is InChI=1S/C19H21FN2O5/c1-22(2)19(24)27-16-6-4-3-5-15(16)17(26-18(21)23)11-12-25-14-9-7-13(20)8-10-14/h3-10,17H,11-12H2,1-2H3,(H2,21,23). The molecule has 27 heavy (non-hydrogen) atoms. The fraction of sp³-hybridized carbons (Fsp3) is 0.263. The third-order valence-electron chi connectivity index (χ3n) is 3.55. The number of amides is 2. The topological polar surface area (TPSA) is 91.1 Å². The van der Waals surface area contributed by atoms with Crippen LogP contribution in [-0.2, 0) is 4.74 Å². The molecule has 0 saturated heterocycles. The number of primary amides is 1. The molecule has 2 amide bonds. The summed E-state index contributed by atoms with van der Waals surface area (Å²) in [5, 5.41) is 0. The van der Waals surface area contributed by atoms with E-state index in [-0.39, 0.29) is 24.6 Å². The van der Waals surface area contributed by atoms with Crippen molar-refractivity contribution in [1.29, 1.82) is 0 Å². The van der Waals surface area contributed by atoms with Gasteiger partial charge in [-0.1, -0.05) is 18.2 Å². The van der Waals surface area contributed by atoms with Crippen LogP contribution in [-0.4, -0.2) is 37.8 Å². The van der Waals surface area contributed by atoms with E-state index in [4.69, 9.17) is 19.9 Å². The predicted octanol–water partition coefficient (Wildman–Crippen LogP) is 3.49. The maximum absolute atomic E-state index is 12.9. The third-order valence-corrected chi connectivity index (χ3v) is 3.55. The van der Waals surface area contributed by atoms with Crippen LogP contribution in [0.15, 0.2) is 48.5 Å². The molecule has 8 heteroatoms. The zero-order valence-electron chi connectivity index (χ0n) is 15.1. The lowest BCUT2D eigenvalue weighted by Crippen LogP contribution is -2.26. The Morgan fingerprint density at radius 1 is 1.11 bits per heavy atom. The van der Waals surface area contributed by atoms with E-state index in [1.165, 1.54) is 29.2 Å². The molecule has 0 aliphatic carbocycles. The molecule has 0 heterocycles. The summed E-state index contributed by atoms with van der Waals surface area (Å²) >= 11 is 0. The van der Waals surface area contributed by atoms with Crippen LogP contribution in [0.3, 0.4) is 0 Å². The van der Waals surface area contributed by atoms with Gasteiger partial charge in [-0.3, -0.25) is 0 Å². The van der Waals surface area contributed by atoms with Gasteiger partial charge in [-0.05, 0) is 30.3 Å². The van der Waals surface area contributed by atoms with Gasteiger partial charge in [0.25, 0.3) is 0 Å². The van der Waals surface area contributed by atoms with E-state index in [9.17, 15) is 14.0 Å². The second-order valence-corrected chi connectivity index (χ2v) is 5.82. The molecule has 1 atom stereocenters. The minimum Gasteiger partial charge on any atom is -0.493 e. The lowest BCUT2D eigenvalue weighted by Gasteiger charge is -2.20. The average molecular weight is 376 g/mol. The molecule has 2 aromatic carbocycles. The summed E-state index contributed by atoms with van der Waals surface area (Å²) in [6.07, 6.45) is -2.07. The SMILES string of the molecule is CN(C)C(=O)Oc1ccccc1C(CCOc1ccc(F)cc1)OC(N)=O. The summed E-state index contributed by atoms with van der Waals surface area (Å²) in [6, 6.07) is 12.2. The first-order chi connectivity index (χ1) is 12.9. The molecule has 0 fully saturated rings. The highest BCUT2D eigenvalue weighted by atomic mass is 19.1. The lowest BCUT2D eigenvalue weighted by molar-refractivity contribution is 0.0887. The number of nitrogens with zero attached hydrogens (tertiary/aromatic N) is 1. The maximum atomic E-state index is 12.9. The van der Waals surface area contributed by atoms with E-state index in [1.807, 2.05) is 0 Å². The van der Waals surface area contributed by atoms with Crippen LogP contribution in [0.25, 0.3) is 0 Å². The Hall–Kier alpha value is -3.29. The zero-order chi connectivity index (χ0) is 19.8. The molecule has 1 unspecified atom stereocenters. The van der Waals surface area contributed by atoms with E-state index < -0.39 is 18.3 Å². The van der Waals surface area contributed by atoms with E-state index in [2.05, 4.69) is 0 Å². The maximum Gasteiger partial charge on any atom is 0.414 e. The summed E-state index contributed by atoms with van der Waals surface area (Å²) in [4.78, 5) is 24.4. The second kappa shape index (κ2) is 9.42. The number of carbonyl (C=O) groups excluding carboxylic acids is 2. The lowest BCUT2D eigenvalue weighted by atomic mass is 10.1. The monoisotopic (exact) mass is 376 g/mol. The number of para-hydroxylation sites is 1. The minimum absolute atomic E-state index is 0.166. The molecule has 0 aromatic heterocycles. The molecule has 7 nitrogen and oxygen atoms in total. The van der Waals surface area contributed by atoms with Crippen molar-refractivity contribution in [1.82, 2.24) is 4.90 Å². The Labute approximate surface area is 156 Å². The summed E-state index contributed by atoms with van der Waals surface area (Å²) in [5.41, 5.74) is 5.65. The summed E-state index contributed by atoms with van der Waals surface area (Å²) < 4.78 is 29.0. The number of halogens is 1. The predicted molar refractivity (Wildman–Crippen MR) is 96.1 cm³/mol. The fourth-order valence-electron chi connectivity index (χ4n) is 2.26. The Bertz CT molecular complexity index is 780. The molecule has 2 N–H and O–H groups in total. The molecule has 0 bridgehead atoms. The molecule has 0 aliphatic rings. The van der Waals surface area contributed by atoms with Gasteiger partial charge in [-0.15, -0.1) is 0 Å². The summed E-state index contributed by atoms with van der Waals surface area (Å²) in [7, 11) is 3.11. The van der Waals surface area contributed by atoms with Crippen molar-refractivity contribution in [2.45, 2.75) is 12.5 Å². The van der Waals surface area contributed by atoms with Gasteiger partial charge in [0.05, 0.1) is 6.61 Å². The van der Waals surface area contributed by atoms with E-state index >= 15 is 0 Å². The molecule has 0 aliphatic heterocycles. The number of nitrogens with two attached hydrogens (primary N) is 1. The Kier molecular flexibility index (Phi) is 6.99. The molecule has 0 radical (unpaired) electrons. The molecule has 0 spiro atoms. The van der Waals surface area contributed by atoms with Crippen LogP contribution in [0.1, 0.15) is 18.1 Å². The zero-order valence-corrected chi connectivity index (χ0v) is 15.1. The Morgan fingerprint density at radius 3 is 2.41 bits per heavy atom. The smallest absolute Gasteiger partial charge is 0.414 e. The van der Waals surface area contributed by atoms with Crippen LogP contribution in [0, 0.1) is 5.82 Å². The van der Waals surface area contributed by atoms with E-state index in [1.54, 1.807) is 38.4 Å². The number of hydrogen-bond donors (Lipinski definition) is 1. The Balaban J connectivity index is 2.12. The largest absolute Gasteiger partial charge is 0.493 e. The number of ether oxygens (including phenoxy) is 3. The van der Waals surface area contributed by atoms with Crippen molar-refractivity contribution in [3.8, 4) is 11.5 Å². The number of benzene rings is 2. The van der Waals surface area contributed by atoms with Crippen molar-refractivity contribution < 1.29 is 28.2 Å². The van der Waals surface area contributed by atoms with Crippen LogP contribution in [0.2, 0.25) is 0 Å². The second-order valence-electron chi connectivity index (χ2n) is 5.82.